The van der Waals surface area contributed by atoms with Crippen LogP contribution in [-0.2, 0) is 9.47 Å². The summed E-state index contributed by atoms with van der Waals surface area (Å²) < 4.78 is 11.3. The second kappa shape index (κ2) is 9.75. The van der Waals surface area contributed by atoms with E-state index in [4.69, 9.17) is 9.47 Å². The number of rotatable bonds is 8. The average molecular weight is 414 g/mol. The van der Waals surface area contributed by atoms with Crippen molar-refractivity contribution in [2.75, 3.05) is 14.2 Å². The summed E-state index contributed by atoms with van der Waals surface area (Å²) >= 11 is 0. The van der Waals surface area contributed by atoms with Gasteiger partial charge in [0.2, 0.25) is 0 Å². The van der Waals surface area contributed by atoms with E-state index in [0.717, 1.165) is 27.5 Å². The number of aromatic hydroxyl groups is 1. The highest BCUT2D eigenvalue weighted by atomic mass is 16.7. The van der Waals surface area contributed by atoms with Crippen LogP contribution in [0.2, 0.25) is 0 Å². The molecule has 4 heteroatoms. The van der Waals surface area contributed by atoms with Crippen LogP contribution in [0.4, 0.5) is 0 Å². The molecule has 2 N–H and O–H groups in total. The molecule has 0 amide bonds. The molecule has 0 spiro atoms. The zero-order chi connectivity index (χ0) is 21.6. The summed E-state index contributed by atoms with van der Waals surface area (Å²) in [6.07, 6.45) is -0.509. The van der Waals surface area contributed by atoms with Gasteiger partial charge in [0.15, 0.2) is 6.29 Å². The Bertz CT molecular complexity index is 1110. The number of benzene rings is 4. The van der Waals surface area contributed by atoms with Crippen LogP contribution >= 0.6 is 0 Å². The van der Waals surface area contributed by atoms with Crippen molar-refractivity contribution < 1.29 is 14.6 Å². The minimum absolute atomic E-state index is 0.248. The third kappa shape index (κ3) is 4.47. The van der Waals surface area contributed by atoms with Gasteiger partial charge in [0.25, 0.3) is 0 Å². The molecule has 4 rings (SSSR count). The molecule has 0 saturated carbocycles. The van der Waals surface area contributed by atoms with Gasteiger partial charge in [0.05, 0.1) is 12.1 Å². The summed E-state index contributed by atoms with van der Waals surface area (Å²) in [6, 6.07) is 31.5. The Balaban J connectivity index is 1.88. The van der Waals surface area contributed by atoms with Crippen LogP contribution in [0.5, 0.6) is 5.75 Å². The normalized spacial score (nSPS) is 13.4. The highest BCUT2D eigenvalue weighted by Crippen LogP contribution is 2.38. The maximum atomic E-state index is 11.0. The fourth-order valence-electron chi connectivity index (χ4n) is 4.12. The highest BCUT2D eigenvalue weighted by Gasteiger charge is 2.29. The van der Waals surface area contributed by atoms with E-state index in [0.29, 0.717) is 0 Å². The van der Waals surface area contributed by atoms with Gasteiger partial charge in [-0.25, -0.2) is 0 Å². The summed E-state index contributed by atoms with van der Waals surface area (Å²) in [5, 5.41) is 16.8. The largest absolute Gasteiger partial charge is 0.508 e. The Hall–Kier alpha value is -3.18. The Morgan fingerprint density at radius 2 is 1.26 bits per heavy atom. The summed E-state index contributed by atoms with van der Waals surface area (Å²) in [5.41, 5.74) is 2.91. The smallest absolute Gasteiger partial charge is 0.176 e. The lowest BCUT2D eigenvalue weighted by atomic mass is 9.91. The maximum absolute atomic E-state index is 11.0. The van der Waals surface area contributed by atoms with Gasteiger partial charge in [0, 0.05) is 19.8 Å². The van der Waals surface area contributed by atoms with Gasteiger partial charge in [-0.15, -0.1) is 0 Å². The van der Waals surface area contributed by atoms with Crippen molar-refractivity contribution in [3.05, 3.63) is 114 Å². The van der Waals surface area contributed by atoms with E-state index < -0.39 is 6.29 Å². The van der Waals surface area contributed by atoms with Gasteiger partial charge in [-0.05, 0) is 28.0 Å². The van der Waals surface area contributed by atoms with Gasteiger partial charge < -0.3 is 14.6 Å². The summed E-state index contributed by atoms with van der Waals surface area (Å²) in [6.45, 7) is 0. The molecular formula is C27H27NO3. The lowest BCUT2D eigenvalue weighted by Gasteiger charge is -2.32. The molecule has 4 aromatic carbocycles. The SMILES string of the molecule is COC(OC)C(NC(c1ccccc1)c1c(O)ccc2ccccc12)c1ccccc1. The Morgan fingerprint density at radius 1 is 0.677 bits per heavy atom. The zero-order valence-corrected chi connectivity index (χ0v) is 17.7. The van der Waals surface area contributed by atoms with Crippen LogP contribution in [0, 0.1) is 0 Å². The molecule has 0 fully saturated rings. The molecule has 158 valence electrons. The van der Waals surface area contributed by atoms with Gasteiger partial charge >= 0.3 is 0 Å². The molecule has 31 heavy (non-hydrogen) atoms. The Labute approximate surface area is 183 Å². The number of hydrogen-bond donors (Lipinski definition) is 2. The number of ether oxygens (including phenoxy) is 2. The molecule has 0 radical (unpaired) electrons. The van der Waals surface area contributed by atoms with Gasteiger partial charge in [-0.2, -0.15) is 0 Å². The Morgan fingerprint density at radius 3 is 1.90 bits per heavy atom. The quantitative estimate of drug-likeness (QED) is 0.370. The van der Waals surface area contributed by atoms with E-state index in [2.05, 4.69) is 23.5 Å². The number of methoxy groups -OCH3 is 2. The minimum atomic E-state index is -0.509. The highest BCUT2D eigenvalue weighted by molar-refractivity contribution is 5.88. The van der Waals surface area contributed by atoms with Crippen LogP contribution in [0.25, 0.3) is 10.8 Å². The summed E-state index contributed by atoms with van der Waals surface area (Å²) in [5.74, 6) is 0.248. The van der Waals surface area contributed by atoms with Crippen LogP contribution in [-0.4, -0.2) is 25.6 Å². The van der Waals surface area contributed by atoms with Crippen molar-refractivity contribution in [1.29, 1.82) is 0 Å². The lowest BCUT2D eigenvalue weighted by Crippen LogP contribution is -2.37. The minimum Gasteiger partial charge on any atom is -0.508 e. The maximum Gasteiger partial charge on any atom is 0.176 e. The second-order valence-electron chi connectivity index (χ2n) is 7.46. The molecule has 4 aromatic rings. The lowest BCUT2D eigenvalue weighted by molar-refractivity contribution is -0.125. The molecule has 0 aromatic heterocycles. The summed E-state index contributed by atoms with van der Waals surface area (Å²) in [4.78, 5) is 0. The number of hydrogen-bond acceptors (Lipinski definition) is 4. The van der Waals surface area contributed by atoms with Gasteiger partial charge in [0.1, 0.15) is 5.75 Å². The standard InChI is InChI=1S/C27H27NO3/c1-30-27(31-2)26(21-14-7-4-8-15-21)28-25(20-12-5-3-6-13-20)24-22-16-10-9-11-19(22)17-18-23(24)29/h3-18,25-29H,1-2H3. The summed E-state index contributed by atoms with van der Waals surface area (Å²) in [7, 11) is 3.28. The number of phenolic OH excluding ortho intramolecular Hbond substituents is 1. The van der Waals surface area contributed by atoms with Crippen LogP contribution in [0.15, 0.2) is 97.1 Å². The van der Waals surface area contributed by atoms with Crippen LogP contribution < -0.4 is 5.32 Å². The monoisotopic (exact) mass is 413 g/mol. The molecule has 2 atom stereocenters. The van der Waals surface area contributed by atoms with Gasteiger partial charge in [-0.1, -0.05) is 91.0 Å². The molecule has 0 saturated heterocycles. The third-order valence-electron chi connectivity index (χ3n) is 5.61. The first-order chi connectivity index (χ1) is 15.2. The number of phenols is 1. The van der Waals surface area contributed by atoms with Crippen LogP contribution in [0.3, 0.4) is 0 Å². The average Bonchev–Trinajstić information content (AvgIpc) is 2.83. The van der Waals surface area contributed by atoms with Crippen molar-refractivity contribution in [2.24, 2.45) is 0 Å². The van der Waals surface area contributed by atoms with Crippen LogP contribution in [0.1, 0.15) is 28.8 Å². The van der Waals surface area contributed by atoms with E-state index in [1.54, 1.807) is 20.3 Å². The fraction of sp³-hybridized carbons (Fsp3) is 0.185. The molecule has 0 aliphatic rings. The van der Waals surface area contributed by atoms with Crippen molar-refractivity contribution in [3.8, 4) is 5.75 Å². The van der Waals surface area contributed by atoms with Crippen molar-refractivity contribution in [2.45, 2.75) is 18.4 Å². The van der Waals surface area contributed by atoms with Crippen molar-refractivity contribution >= 4 is 10.8 Å². The molecule has 0 heterocycles. The van der Waals surface area contributed by atoms with Crippen molar-refractivity contribution in [1.82, 2.24) is 5.32 Å². The molecular weight excluding hydrogens is 386 g/mol. The topological polar surface area (TPSA) is 50.7 Å². The van der Waals surface area contributed by atoms with E-state index >= 15 is 0 Å². The fourth-order valence-corrected chi connectivity index (χ4v) is 4.12. The first-order valence-electron chi connectivity index (χ1n) is 10.3. The first kappa shape index (κ1) is 21.1. The van der Waals surface area contributed by atoms with E-state index in [1.165, 1.54) is 0 Å². The Kier molecular flexibility index (Phi) is 6.63. The number of fused-ring (bicyclic) bond motifs is 1. The molecule has 0 bridgehead atoms. The predicted molar refractivity (Wildman–Crippen MR) is 124 cm³/mol. The molecule has 4 nitrogen and oxygen atoms in total. The second-order valence-corrected chi connectivity index (χ2v) is 7.46. The molecule has 0 aliphatic carbocycles. The predicted octanol–water partition coefficient (Wildman–Crippen LogP) is 5.58. The molecule has 2 unspecified atom stereocenters. The number of nitrogens with one attached hydrogen (secondary N) is 1. The zero-order valence-electron chi connectivity index (χ0n) is 17.7. The van der Waals surface area contributed by atoms with E-state index in [1.807, 2.05) is 72.8 Å². The molecule has 0 aliphatic heterocycles. The third-order valence-corrected chi connectivity index (χ3v) is 5.61. The van der Waals surface area contributed by atoms with Crippen molar-refractivity contribution in [3.63, 3.8) is 0 Å². The van der Waals surface area contributed by atoms with E-state index in [-0.39, 0.29) is 17.8 Å². The van der Waals surface area contributed by atoms with E-state index in [9.17, 15) is 5.11 Å². The first-order valence-corrected chi connectivity index (χ1v) is 10.3. The van der Waals surface area contributed by atoms with Gasteiger partial charge in [-0.3, -0.25) is 5.32 Å².